The molecule has 0 saturated heterocycles. The monoisotopic (exact) mass is 259 g/mol. The highest BCUT2D eigenvalue weighted by Crippen LogP contribution is 2.23. The van der Waals surface area contributed by atoms with Crippen molar-refractivity contribution in [3.8, 4) is 0 Å². The second-order valence-corrected chi connectivity index (χ2v) is 4.10. The normalized spacial score (nSPS) is 13.1. The number of benzene rings is 1. The summed E-state index contributed by atoms with van der Waals surface area (Å²) in [6.07, 6.45) is -4.03. The Balaban J connectivity index is 2.71. The van der Waals surface area contributed by atoms with Gasteiger partial charge in [0, 0.05) is 12.8 Å². The van der Waals surface area contributed by atoms with Crippen LogP contribution < -0.4 is 5.32 Å². The van der Waals surface area contributed by atoms with Gasteiger partial charge in [-0.15, -0.1) is 0 Å². The molecule has 100 valence electrons. The van der Waals surface area contributed by atoms with Crippen LogP contribution in [0.4, 0.5) is 13.2 Å². The molecule has 0 aliphatic heterocycles. The van der Waals surface area contributed by atoms with Crippen LogP contribution in [-0.4, -0.2) is 18.1 Å². The second-order valence-electron chi connectivity index (χ2n) is 4.10. The summed E-state index contributed by atoms with van der Waals surface area (Å²) < 4.78 is 38.4. The van der Waals surface area contributed by atoms with Gasteiger partial charge in [0.2, 0.25) is 5.91 Å². The lowest BCUT2D eigenvalue weighted by Crippen LogP contribution is -2.46. The van der Waals surface area contributed by atoms with Crippen LogP contribution in [0, 0.1) is 0 Å². The first-order valence-electron chi connectivity index (χ1n) is 5.83. The maximum atomic E-state index is 12.8. The van der Waals surface area contributed by atoms with Crippen LogP contribution in [0.5, 0.6) is 0 Å². The number of halogens is 3. The van der Waals surface area contributed by atoms with Crippen LogP contribution in [0.1, 0.15) is 25.3 Å². The van der Waals surface area contributed by atoms with Gasteiger partial charge in [0.25, 0.3) is 0 Å². The van der Waals surface area contributed by atoms with Crippen molar-refractivity contribution in [2.45, 2.75) is 38.4 Å². The molecule has 1 unspecified atom stereocenters. The highest BCUT2D eigenvalue weighted by atomic mass is 19.4. The van der Waals surface area contributed by atoms with Crippen molar-refractivity contribution in [3.05, 3.63) is 35.9 Å². The molecule has 2 nitrogen and oxygen atoms in total. The zero-order valence-corrected chi connectivity index (χ0v) is 10.1. The molecule has 1 atom stereocenters. The largest absolute Gasteiger partial charge is 0.408 e. The Bertz CT molecular complexity index is 376. The first-order valence-corrected chi connectivity index (χ1v) is 5.83. The van der Waals surface area contributed by atoms with E-state index in [9.17, 15) is 18.0 Å². The topological polar surface area (TPSA) is 29.1 Å². The van der Waals surface area contributed by atoms with E-state index in [0.717, 1.165) is 0 Å². The van der Waals surface area contributed by atoms with Crippen LogP contribution in [0.25, 0.3) is 0 Å². The molecular formula is C13H16F3NO. The number of carbonyl (C=O) groups excluding carboxylic acids is 1. The predicted octanol–water partition coefficient (Wildman–Crippen LogP) is 3.08. The predicted molar refractivity (Wildman–Crippen MR) is 63.0 cm³/mol. The van der Waals surface area contributed by atoms with Gasteiger partial charge in [0.05, 0.1) is 0 Å². The number of hydrogen-bond acceptors (Lipinski definition) is 1. The molecule has 0 aliphatic rings. The fraction of sp³-hybridized carbons (Fsp3) is 0.462. The minimum absolute atomic E-state index is 0.112. The van der Waals surface area contributed by atoms with Crippen molar-refractivity contribution in [1.29, 1.82) is 0 Å². The summed E-state index contributed by atoms with van der Waals surface area (Å²) in [4.78, 5) is 11.3. The molecule has 0 radical (unpaired) electrons. The number of rotatable bonds is 5. The summed E-state index contributed by atoms with van der Waals surface area (Å²) in [6, 6.07) is 6.50. The second kappa shape index (κ2) is 6.42. The van der Waals surface area contributed by atoms with E-state index in [2.05, 4.69) is 0 Å². The van der Waals surface area contributed by atoms with Crippen molar-refractivity contribution in [3.63, 3.8) is 0 Å². The molecule has 1 amide bonds. The summed E-state index contributed by atoms with van der Waals surface area (Å²) in [6.45, 7) is 1.75. The van der Waals surface area contributed by atoms with E-state index < -0.39 is 18.1 Å². The van der Waals surface area contributed by atoms with E-state index in [1.807, 2.05) is 5.32 Å². The zero-order chi connectivity index (χ0) is 13.6. The molecule has 5 heteroatoms. The van der Waals surface area contributed by atoms with Crippen LogP contribution in [0.15, 0.2) is 30.3 Å². The Morgan fingerprint density at radius 1 is 1.28 bits per heavy atom. The highest BCUT2D eigenvalue weighted by Gasteiger charge is 2.40. The standard InChI is InChI=1S/C13H16F3NO/c1-2-6-12(18)17-11(13(14,15)16)9-10-7-4-3-5-8-10/h3-5,7-8,11H,2,6,9H2,1H3,(H,17,18). The van der Waals surface area contributed by atoms with E-state index in [4.69, 9.17) is 0 Å². The molecule has 1 rings (SSSR count). The fourth-order valence-electron chi connectivity index (χ4n) is 1.59. The Morgan fingerprint density at radius 3 is 2.39 bits per heavy atom. The van der Waals surface area contributed by atoms with Crippen LogP contribution in [-0.2, 0) is 11.2 Å². The van der Waals surface area contributed by atoms with Crippen LogP contribution >= 0.6 is 0 Å². The van der Waals surface area contributed by atoms with E-state index >= 15 is 0 Å². The zero-order valence-electron chi connectivity index (χ0n) is 10.1. The van der Waals surface area contributed by atoms with Gasteiger partial charge in [-0.2, -0.15) is 13.2 Å². The quantitative estimate of drug-likeness (QED) is 0.865. The number of carbonyl (C=O) groups is 1. The third-order valence-electron chi connectivity index (χ3n) is 2.49. The molecule has 1 N–H and O–H groups in total. The first-order chi connectivity index (χ1) is 8.43. The lowest BCUT2D eigenvalue weighted by molar-refractivity contribution is -0.161. The third-order valence-corrected chi connectivity index (χ3v) is 2.49. The number of alkyl halides is 3. The van der Waals surface area contributed by atoms with Crippen molar-refractivity contribution in [2.75, 3.05) is 0 Å². The van der Waals surface area contributed by atoms with E-state index in [1.54, 1.807) is 37.3 Å². The van der Waals surface area contributed by atoms with E-state index in [1.165, 1.54) is 0 Å². The summed E-state index contributed by atoms with van der Waals surface area (Å²) >= 11 is 0. The molecule has 1 aromatic carbocycles. The summed E-state index contributed by atoms with van der Waals surface area (Å²) in [5.74, 6) is -0.559. The van der Waals surface area contributed by atoms with Gasteiger partial charge in [-0.25, -0.2) is 0 Å². The van der Waals surface area contributed by atoms with Crippen molar-refractivity contribution >= 4 is 5.91 Å². The first kappa shape index (κ1) is 14.5. The minimum atomic E-state index is -4.43. The average Bonchev–Trinajstić information content (AvgIpc) is 2.28. The van der Waals surface area contributed by atoms with Gasteiger partial charge in [0.15, 0.2) is 0 Å². The molecule has 18 heavy (non-hydrogen) atoms. The SMILES string of the molecule is CCCC(=O)NC(Cc1ccccc1)C(F)(F)F. The molecule has 0 saturated carbocycles. The third kappa shape index (κ3) is 4.77. The van der Waals surface area contributed by atoms with E-state index in [0.29, 0.717) is 12.0 Å². The lowest BCUT2D eigenvalue weighted by atomic mass is 10.1. The highest BCUT2D eigenvalue weighted by molar-refractivity contribution is 5.76. The summed E-state index contributed by atoms with van der Waals surface area (Å²) in [5, 5.41) is 2.04. The van der Waals surface area contributed by atoms with Crippen molar-refractivity contribution in [2.24, 2.45) is 0 Å². The maximum Gasteiger partial charge on any atom is 0.408 e. The number of amides is 1. The average molecular weight is 259 g/mol. The molecule has 0 aliphatic carbocycles. The van der Waals surface area contributed by atoms with Crippen LogP contribution in [0.3, 0.4) is 0 Å². The minimum Gasteiger partial charge on any atom is -0.344 e. The Morgan fingerprint density at radius 2 is 1.89 bits per heavy atom. The molecule has 0 spiro atoms. The molecule has 0 fully saturated rings. The van der Waals surface area contributed by atoms with Gasteiger partial charge >= 0.3 is 6.18 Å². The molecule has 0 bridgehead atoms. The number of hydrogen-bond donors (Lipinski definition) is 1. The van der Waals surface area contributed by atoms with Gasteiger partial charge < -0.3 is 5.32 Å². The number of nitrogens with one attached hydrogen (secondary N) is 1. The van der Waals surface area contributed by atoms with Gasteiger partial charge in [-0.05, 0) is 12.0 Å². The van der Waals surface area contributed by atoms with Gasteiger partial charge in [-0.1, -0.05) is 37.3 Å². The van der Waals surface area contributed by atoms with Gasteiger partial charge in [0.1, 0.15) is 6.04 Å². The van der Waals surface area contributed by atoms with Crippen LogP contribution in [0.2, 0.25) is 0 Å². The fourth-order valence-corrected chi connectivity index (χ4v) is 1.59. The smallest absolute Gasteiger partial charge is 0.344 e. The molecule has 0 heterocycles. The Hall–Kier alpha value is -1.52. The Kier molecular flexibility index (Phi) is 5.19. The summed E-state index contributed by atoms with van der Waals surface area (Å²) in [7, 11) is 0. The van der Waals surface area contributed by atoms with Crippen molar-refractivity contribution in [1.82, 2.24) is 5.32 Å². The molecule has 1 aromatic rings. The summed E-state index contributed by atoms with van der Waals surface area (Å²) in [5.41, 5.74) is 0.552. The molecular weight excluding hydrogens is 243 g/mol. The maximum absolute atomic E-state index is 12.8. The van der Waals surface area contributed by atoms with Gasteiger partial charge in [-0.3, -0.25) is 4.79 Å². The molecule has 0 aromatic heterocycles. The van der Waals surface area contributed by atoms with Crippen molar-refractivity contribution < 1.29 is 18.0 Å². The van der Waals surface area contributed by atoms with E-state index in [-0.39, 0.29) is 12.8 Å². The lowest BCUT2D eigenvalue weighted by Gasteiger charge is -2.21. The Labute approximate surface area is 104 Å².